The highest BCUT2D eigenvalue weighted by Crippen LogP contribution is 2.37. The third kappa shape index (κ3) is 2.65. The summed E-state index contributed by atoms with van der Waals surface area (Å²) >= 11 is 5.99. The van der Waals surface area contributed by atoms with Crippen LogP contribution in [0.3, 0.4) is 0 Å². The van der Waals surface area contributed by atoms with Crippen molar-refractivity contribution in [1.29, 1.82) is 0 Å². The zero-order valence-corrected chi connectivity index (χ0v) is 11.7. The smallest absolute Gasteiger partial charge is 0.227 e. The standard InChI is InChI=1S/C13H14ClN5O/c1-7(8-2-3-8)13(20)15-11-5-4-9(14)6-10(11)12-16-18-19-17-12/h4-8H,2-3H2,1H3,(H,15,20)(H,16,17,18,19). The molecule has 0 spiro atoms. The number of amides is 1. The summed E-state index contributed by atoms with van der Waals surface area (Å²) in [5.74, 6) is 0.946. The van der Waals surface area contributed by atoms with Crippen molar-refractivity contribution in [2.75, 3.05) is 5.32 Å². The number of carbonyl (C=O) groups is 1. The number of aromatic amines is 1. The monoisotopic (exact) mass is 291 g/mol. The lowest BCUT2D eigenvalue weighted by Crippen LogP contribution is -2.22. The Kier molecular flexibility index (Phi) is 3.40. The number of anilines is 1. The van der Waals surface area contributed by atoms with Gasteiger partial charge in [-0.05, 0) is 42.2 Å². The summed E-state index contributed by atoms with van der Waals surface area (Å²) in [6, 6.07) is 5.19. The molecule has 20 heavy (non-hydrogen) atoms. The van der Waals surface area contributed by atoms with Crippen LogP contribution in [0, 0.1) is 11.8 Å². The molecule has 1 aromatic carbocycles. The van der Waals surface area contributed by atoms with Crippen LogP contribution < -0.4 is 5.32 Å². The molecule has 1 fully saturated rings. The molecule has 0 radical (unpaired) electrons. The van der Waals surface area contributed by atoms with Gasteiger partial charge in [-0.1, -0.05) is 18.5 Å². The van der Waals surface area contributed by atoms with Crippen LogP contribution >= 0.6 is 11.6 Å². The Balaban J connectivity index is 1.87. The van der Waals surface area contributed by atoms with Gasteiger partial charge in [-0.3, -0.25) is 4.79 Å². The summed E-state index contributed by atoms with van der Waals surface area (Å²) in [4.78, 5) is 12.2. The maximum absolute atomic E-state index is 12.2. The van der Waals surface area contributed by atoms with Crippen molar-refractivity contribution in [2.45, 2.75) is 19.8 Å². The average Bonchev–Trinajstić information content (AvgIpc) is 3.15. The van der Waals surface area contributed by atoms with Crippen molar-refractivity contribution in [3.63, 3.8) is 0 Å². The van der Waals surface area contributed by atoms with Crippen LogP contribution in [-0.4, -0.2) is 26.5 Å². The Morgan fingerprint density at radius 2 is 2.30 bits per heavy atom. The van der Waals surface area contributed by atoms with E-state index in [1.165, 1.54) is 0 Å². The van der Waals surface area contributed by atoms with Gasteiger partial charge in [0.05, 0.1) is 5.69 Å². The number of nitrogens with zero attached hydrogens (tertiary/aromatic N) is 3. The number of carbonyl (C=O) groups excluding carboxylic acids is 1. The third-order valence-corrected chi connectivity index (χ3v) is 3.80. The van der Waals surface area contributed by atoms with Gasteiger partial charge in [-0.25, -0.2) is 0 Å². The van der Waals surface area contributed by atoms with Gasteiger partial charge in [0.25, 0.3) is 0 Å². The molecule has 0 bridgehead atoms. The first-order valence-corrected chi connectivity index (χ1v) is 6.87. The number of hydrogen-bond donors (Lipinski definition) is 2. The lowest BCUT2D eigenvalue weighted by Gasteiger charge is -2.13. The predicted molar refractivity (Wildman–Crippen MR) is 75.1 cm³/mol. The molecule has 6 nitrogen and oxygen atoms in total. The first-order chi connectivity index (χ1) is 9.65. The zero-order valence-electron chi connectivity index (χ0n) is 10.9. The predicted octanol–water partition coefficient (Wildman–Crippen LogP) is 2.50. The van der Waals surface area contributed by atoms with Crippen LogP contribution in [0.4, 0.5) is 5.69 Å². The van der Waals surface area contributed by atoms with Gasteiger partial charge < -0.3 is 5.32 Å². The minimum Gasteiger partial charge on any atom is -0.325 e. The summed E-state index contributed by atoms with van der Waals surface area (Å²) < 4.78 is 0. The Morgan fingerprint density at radius 1 is 1.50 bits per heavy atom. The SMILES string of the molecule is CC(C(=O)Nc1ccc(Cl)cc1-c1nn[nH]n1)C1CC1. The second kappa shape index (κ2) is 5.20. The first-order valence-electron chi connectivity index (χ1n) is 6.49. The van der Waals surface area contributed by atoms with Crippen LogP contribution in [0.5, 0.6) is 0 Å². The molecular weight excluding hydrogens is 278 g/mol. The van der Waals surface area contributed by atoms with Crippen LogP contribution in [0.2, 0.25) is 5.02 Å². The molecule has 1 aliphatic rings. The maximum Gasteiger partial charge on any atom is 0.227 e. The Bertz CT molecular complexity index is 624. The van der Waals surface area contributed by atoms with Gasteiger partial charge in [0.2, 0.25) is 11.7 Å². The van der Waals surface area contributed by atoms with Crippen LogP contribution in [0.1, 0.15) is 19.8 Å². The van der Waals surface area contributed by atoms with Gasteiger partial charge in [0, 0.05) is 16.5 Å². The topological polar surface area (TPSA) is 83.6 Å². The zero-order chi connectivity index (χ0) is 14.1. The Labute approximate surface area is 120 Å². The van der Waals surface area contributed by atoms with Crippen molar-refractivity contribution in [1.82, 2.24) is 20.6 Å². The minimum absolute atomic E-state index is 0.0135. The second-order valence-corrected chi connectivity index (χ2v) is 5.48. The van der Waals surface area contributed by atoms with E-state index >= 15 is 0 Å². The van der Waals surface area contributed by atoms with Crippen molar-refractivity contribution in [3.8, 4) is 11.4 Å². The van der Waals surface area contributed by atoms with E-state index in [4.69, 9.17) is 11.6 Å². The summed E-state index contributed by atoms with van der Waals surface area (Å²) in [5.41, 5.74) is 1.30. The molecule has 1 aromatic heterocycles. The minimum atomic E-state index is 0.0135. The van der Waals surface area contributed by atoms with Gasteiger partial charge in [-0.2, -0.15) is 5.21 Å². The lowest BCUT2D eigenvalue weighted by atomic mass is 10.1. The van der Waals surface area contributed by atoms with Crippen molar-refractivity contribution >= 4 is 23.2 Å². The van der Waals surface area contributed by atoms with Gasteiger partial charge >= 0.3 is 0 Å². The Morgan fingerprint density at radius 3 is 2.95 bits per heavy atom. The highest BCUT2D eigenvalue weighted by molar-refractivity contribution is 6.31. The van der Waals surface area contributed by atoms with Crippen LogP contribution in [0.15, 0.2) is 18.2 Å². The summed E-state index contributed by atoms with van der Waals surface area (Å²) in [7, 11) is 0. The van der Waals surface area contributed by atoms with E-state index in [1.807, 2.05) is 6.92 Å². The number of aromatic nitrogens is 4. The molecule has 1 unspecified atom stereocenters. The van der Waals surface area contributed by atoms with Gasteiger partial charge in [0.15, 0.2) is 0 Å². The fraction of sp³-hybridized carbons (Fsp3) is 0.385. The van der Waals surface area contributed by atoms with Crippen molar-refractivity contribution in [2.24, 2.45) is 11.8 Å². The van der Waals surface area contributed by atoms with Crippen LogP contribution in [-0.2, 0) is 4.79 Å². The van der Waals surface area contributed by atoms with E-state index in [2.05, 4.69) is 25.9 Å². The van der Waals surface area contributed by atoms with E-state index in [1.54, 1.807) is 18.2 Å². The maximum atomic E-state index is 12.2. The molecule has 2 aromatic rings. The van der Waals surface area contributed by atoms with E-state index in [0.717, 1.165) is 12.8 Å². The lowest BCUT2D eigenvalue weighted by molar-refractivity contribution is -0.119. The molecule has 1 atom stereocenters. The molecule has 0 saturated heterocycles. The highest BCUT2D eigenvalue weighted by atomic mass is 35.5. The molecule has 1 amide bonds. The van der Waals surface area contributed by atoms with Gasteiger partial charge in [-0.15, -0.1) is 10.2 Å². The van der Waals surface area contributed by atoms with Crippen LogP contribution in [0.25, 0.3) is 11.4 Å². The Hall–Kier alpha value is -1.95. The van der Waals surface area contributed by atoms with Crippen molar-refractivity contribution < 1.29 is 4.79 Å². The first kappa shape index (κ1) is 13.1. The van der Waals surface area contributed by atoms with E-state index < -0.39 is 0 Å². The molecule has 0 aliphatic heterocycles. The summed E-state index contributed by atoms with van der Waals surface area (Å²) in [6.07, 6.45) is 2.26. The number of tetrazole rings is 1. The molecule has 1 heterocycles. The van der Waals surface area contributed by atoms with E-state index in [9.17, 15) is 4.79 Å². The molecule has 104 valence electrons. The van der Waals surface area contributed by atoms with E-state index in [-0.39, 0.29) is 11.8 Å². The van der Waals surface area contributed by atoms with E-state index in [0.29, 0.717) is 28.0 Å². The van der Waals surface area contributed by atoms with Crippen molar-refractivity contribution in [3.05, 3.63) is 23.2 Å². The molecule has 1 saturated carbocycles. The quantitative estimate of drug-likeness (QED) is 0.906. The fourth-order valence-electron chi connectivity index (χ4n) is 2.14. The number of hydrogen-bond acceptors (Lipinski definition) is 4. The average molecular weight is 292 g/mol. The highest BCUT2D eigenvalue weighted by Gasteiger charge is 2.32. The second-order valence-electron chi connectivity index (χ2n) is 5.04. The fourth-order valence-corrected chi connectivity index (χ4v) is 2.32. The number of rotatable bonds is 4. The molecule has 3 rings (SSSR count). The molecular formula is C13H14ClN5O. The third-order valence-electron chi connectivity index (χ3n) is 3.57. The molecule has 1 aliphatic carbocycles. The molecule has 2 N–H and O–H groups in total. The summed E-state index contributed by atoms with van der Waals surface area (Å²) in [5, 5.41) is 17.3. The summed E-state index contributed by atoms with van der Waals surface area (Å²) in [6.45, 7) is 1.96. The normalized spacial score (nSPS) is 15.9. The number of benzene rings is 1. The number of H-pyrrole nitrogens is 1. The largest absolute Gasteiger partial charge is 0.325 e. The van der Waals surface area contributed by atoms with Gasteiger partial charge in [0.1, 0.15) is 0 Å². The number of halogens is 1. The molecule has 7 heteroatoms. The number of nitrogens with one attached hydrogen (secondary N) is 2.